The van der Waals surface area contributed by atoms with Gasteiger partial charge in [-0.25, -0.2) is 9.97 Å². The summed E-state index contributed by atoms with van der Waals surface area (Å²) in [4.78, 5) is 20.4. The van der Waals surface area contributed by atoms with Gasteiger partial charge in [-0.2, -0.15) is 0 Å². The number of hydrogen-bond donors (Lipinski definition) is 2. The van der Waals surface area contributed by atoms with Gasteiger partial charge in [0.1, 0.15) is 12.4 Å². The number of aryl methyl sites for hydroxylation is 1. The summed E-state index contributed by atoms with van der Waals surface area (Å²) in [6.07, 6.45) is 8.15. The number of carboxylic acids is 1. The van der Waals surface area contributed by atoms with E-state index in [2.05, 4.69) is 15.0 Å². The monoisotopic (exact) mass is 208 g/mol. The van der Waals surface area contributed by atoms with Gasteiger partial charge >= 0.3 is 5.97 Å². The molecule has 2 aromatic heterocycles. The zero-order chi connectivity index (χ0) is 11.1. The van der Waals surface area contributed by atoms with Crippen LogP contribution in [0.25, 0.3) is 0 Å². The summed E-state index contributed by atoms with van der Waals surface area (Å²) < 4.78 is 1.49. The Kier molecular flexibility index (Phi) is 4.08. The maximum atomic E-state index is 10.0. The van der Waals surface area contributed by atoms with Crippen molar-refractivity contribution in [1.82, 2.24) is 19.5 Å². The lowest BCUT2D eigenvalue weighted by atomic mass is 10.6. The molecule has 0 saturated heterocycles. The molecule has 0 amide bonds. The quantitative estimate of drug-likeness (QED) is 0.760. The van der Waals surface area contributed by atoms with Crippen LogP contribution in [0.1, 0.15) is 5.82 Å². The van der Waals surface area contributed by atoms with Gasteiger partial charge in [-0.3, -0.25) is 4.79 Å². The van der Waals surface area contributed by atoms with E-state index in [9.17, 15) is 4.79 Å². The highest BCUT2D eigenvalue weighted by Crippen LogP contribution is 1.83. The van der Waals surface area contributed by atoms with Gasteiger partial charge in [0.2, 0.25) is 0 Å². The Labute approximate surface area is 86.6 Å². The van der Waals surface area contributed by atoms with Crippen LogP contribution in [0.15, 0.2) is 31.1 Å². The first-order valence-corrected chi connectivity index (χ1v) is 4.32. The van der Waals surface area contributed by atoms with E-state index in [0.717, 1.165) is 5.82 Å². The first kappa shape index (κ1) is 11.0. The molecular formula is C9H12N4O2. The summed E-state index contributed by atoms with van der Waals surface area (Å²) in [5.41, 5.74) is 0. The van der Waals surface area contributed by atoms with Crippen molar-refractivity contribution in [2.45, 2.75) is 13.5 Å². The van der Waals surface area contributed by atoms with Gasteiger partial charge in [-0.1, -0.05) is 0 Å². The van der Waals surface area contributed by atoms with Crippen LogP contribution in [-0.4, -0.2) is 30.6 Å². The largest absolute Gasteiger partial charge is 0.480 e. The number of nitrogens with zero attached hydrogens (tertiary/aromatic N) is 3. The maximum absolute atomic E-state index is 10.0. The number of H-pyrrole nitrogens is 1. The molecule has 80 valence electrons. The summed E-state index contributed by atoms with van der Waals surface area (Å²) in [6, 6.07) is 0. The van der Waals surface area contributed by atoms with E-state index in [1.54, 1.807) is 24.8 Å². The molecule has 0 atom stereocenters. The van der Waals surface area contributed by atoms with Gasteiger partial charge in [0.25, 0.3) is 0 Å². The average molecular weight is 208 g/mol. The van der Waals surface area contributed by atoms with Crippen LogP contribution in [0.5, 0.6) is 0 Å². The van der Waals surface area contributed by atoms with E-state index in [-0.39, 0.29) is 6.54 Å². The van der Waals surface area contributed by atoms with Crippen LogP contribution in [-0.2, 0) is 11.3 Å². The summed E-state index contributed by atoms with van der Waals surface area (Å²) in [7, 11) is 0. The van der Waals surface area contributed by atoms with Crippen molar-refractivity contribution in [1.29, 1.82) is 0 Å². The highest BCUT2D eigenvalue weighted by Gasteiger charge is 1.94. The molecule has 0 aliphatic carbocycles. The Balaban J connectivity index is 0.000000162. The minimum Gasteiger partial charge on any atom is -0.480 e. The lowest BCUT2D eigenvalue weighted by molar-refractivity contribution is -0.137. The lowest BCUT2D eigenvalue weighted by Crippen LogP contribution is -2.05. The third kappa shape index (κ3) is 4.61. The zero-order valence-corrected chi connectivity index (χ0v) is 8.29. The SMILES string of the molecule is Cc1ncc[nH]1.O=C(O)Cn1ccnc1. The number of imidazole rings is 2. The molecule has 2 N–H and O–H groups in total. The molecule has 0 aromatic carbocycles. The van der Waals surface area contributed by atoms with Gasteiger partial charge in [-0.15, -0.1) is 0 Å². The molecule has 6 heteroatoms. The topological polar surface area (TPSA) is 83.8 Å². The molecule has 0 unspecified atom stereocenters. The third-order valence-corrected chi connectivity index (χ3v) is 1.51. The molecular weight excluding hydrogens is 196 g/mol. The highest BCUT2D eigenvalue weighted by molar-refractivity contribution is 5.66. The first-order chi connectivity index (χ1) is 7.18. The fraction of sp³-hybridized carbons (Fsp3) is 0.222. The van der Waals surface area contributed by atoms with Crippen molar-refractivity contribution in [2.24, 2.45) is 0 Å². The van der Waals surface area contributed by atoms with E-state index in [0.29, 0.717) is 0 Å². The Morgan fingerprint density at radius 1 is 1.60 bits per heavy atom. The molecule has 0 aliphatic rings. The van der Waals surface area contributed by atoms with Crippen LogP contribution in [0.4, 0.5) is 0 Å². The molecule has 15 heavy (non-hydrogen) atoms. The molecule has 6 nitrogen and oxygen atoms in total. The predicted molar refractivity (Wildman–Crippen MR) is 53.2 cm³/mol. The van der Waals surface area contributed by atoms with E-state index >= 15 is 0 Å². The van der Waals surface area contributed by atoms with Crippen LogP contribution >= 0.6 is 0 Å². The van der Waals surface area contributed by atoms with E-state index in [1.807, 2.05) is 6.92 Å². The third-order valence-electron chi connectivity index (χ3n) is 1.51. The fourth-order valence-electron chi connectivity index (χ4n) is 0.881. The van der Waals surface area contributed by atoms with Crippen LogP contribution in [0.2, 0.25) is 0 Å². The van der Waals surface area contributed by atoms with Gasteiger partial charge in [-0.05, 0) is 6.92 Å². The van der Waals surface area contributed by atoms with Gasteiger partial charge < -0.3 is 14.7 Å². The minimum absolute atomic E-state index is 0.0139. The van der Waals surface area contributed by atoms with Gasteiger partial charge in [0.05, 0.1) is 6.33 Å². The Bertz CT molecular complexity index is 380. The van der Waals surface area contributed by atoms with Crippen molar-refractivity contribution in [2.75, 3.05) is 0 Å². The summed E-state index contributed by atoms with van der Waals surface area (Å²) in [6.45, 7) is 1.90. The molecule has 0 spiro atoms. The number of hydrogen-bond acceptors (Lipinski definition) is 3. The standard InChI is InChI=1S/C5H6N2O2.C4H6N2/c8-5(9)3-7-2-1-6-4-7;1-4-5-2-3-6-4/h1-2,4H,3H2,(H,8,9);2-3H,1H3,(H,5,6). The zero-order valence-electron chi connectivity index (χ0n) is 8.29. The molecule has 2 aromatic rings. The van der Waals surface area contributed by atoms with Gasteiger partial charge in [0, 0.05) is 24.8 Å². The van der Waals surface area contributed by atoms with Crippen LogP contribution in [0.3, 0.4) is 0 Å². The Morgan fingerprint density at radius 2 is 2.40 bits per heavy atom. The number of nitrogens with one attached hydrogen (secondary N) is 1. The number of aromatic nitrogens is 4. The van der Waals surface area contributed by atoms with Crippen LogP contribution < -0.4 is 0 Å². The molecule has 0 radical (unpaired) electrons. The Hall–Kier alpha value is -2.11. The molecule has 0 bridgehead atoms. The van der Waals surface area contributed by atoms with Gasteiger partial charge in [0.15, 0.2) is 0 Å². The minimum atomic E-state index is -0.854. The summed E-state index contributed by atoms with van der Waals surface area (Å²) in [5.74, 6) is 0.114. The van der Waals surface area contributed by atoms with Crippen molar-refractivity contribution in [3.05, 3.63) is 36.9 Å². The second-order valence-corrected chi connectivity index (χ2v) is 2.80. The summed E-state index contributed by atoms with van der Waals surface area (Å²) in [5, 5.41) is 8.24. The number of carboxylic acid groups (broad SMARTS) is 1. The van der Waals surface area contributed by atoms with Crippen molar-refractivity contribution in [3.8, 4) is 0 Å². The maximum Gasteiger partial charge on any atom is 0.323 e. The Morgan fingerprint density at radius 3 is 2.73 bits per heavy atom. The molecule has 0 aliphatic heterocycles. The predicted octanol–water partition coefficient (Wildman–Crippen LogP) is 0.686. The van der Waals surface area contributed by atoms with Crippen LogP contribution in [0, 0.1) is 6.92 Å². The fourth-order valence-corrected chi connectivity index (χ4v) is 0.881. The molecule has 2 rings (SSSR count). The van der Waals surface area contributed by atoms with E-state index in [1.165, 1.54) is 10.9 Å². The highest BCUT2D eigenvalue weighted by atomic mass is 16.4. The number of aliphatic carboxylic acids is 1. The summed E-state index contributed by atoms with van der Waals surface area (Å²) >= 11 is 0. The molecule has 0 saturated carbocycles. The second kappa shape index (κ2) is 5.58. The number of carbonyl (C=O) groups is 1. The lowest BCUT2D eigenvalue weighted by Gasteiger charge is -1.91. The average Bonchev–Trinajstić information content (AvgIpc) is 2.78. The smallest absolute Gasteiger partial charge is 0.323 e. The van der Waals surface area contributed by atoms with Crippen molar-refractivity contribution in [3.63, 3.8) is 0 Å². The van der Waals surface area contributed by atoms with E-state index in [4.69, 9.17) is 5.11 Å². The van der Waals surface area contributed by atoms with E-state index < -0.39 is 5.97 Å². The van der Waals surface area contributed by atoms with Crippen molar-refractivity contribution < 1.29 is 9.90 Å². The first-order valence-electron chi connectivity index (χ1n) is 4.32. The normalized spacial score (nSPS) is 9.13. The molecule has 2 heterocycles. The number of rotatable bonds is 2. The number of aromatic amines is 1. The second-order valence-electron chi connectivity index (χ2n) is 2.80. The van der Waals surface area contributed by atoms with Crippen molar-refractivity contribution >= 4 is 5.97 Å². The molecule has 0 fully saturated rings.